The highest BCUT2D eigenvalue weighted by Gasteiger charge is 2.32. The summed E-state index contributed by atoms with van der Waals surface area (Å²) >= 11 is 0. The molecule has 0 aromatic carbocycles. The van der Waals surface area contributed by atoms with Crippen LogP contribution < -0.4 is 0 Å². The van der Waals surface area contributed by atoms with Crippen molar-refractivity contribution in [2.24, 2.45) is 0 Å². The summed E-state index contributed by atoms with van der Waals surface area (Å²) < 4.78 is 9.43. The molecule has 4 nitrogen and oxygen atoms in total. The van der Waals surface area contributed by atoms with E-state index >= 15 is 0 Å². The number of hydrogen-bond acceptors (Lipinski definition) is 4. The smallest absolute Gasteiger partial charge is 0.349 e. The van der Waals surface area contributed by atoms with E-state index in [4.69, 9.17) is 9.47 Å². The molecule has 70 valence electrons. The Hall–Kier alpha value is -1.06. The fraction of sp³-hybridized carbons (Fsp3) is 0.750. The van der Waals surface area contributed by atoms with Gasteiger partial charge in [0.15, 0.2) is 0 Å². The topological polar surface area (TPSA) is 52.6 Å². The molecule has 0 radical (unpaired) electrons. The monoisotopic (exact) mass is 174 g/mol. The molecule has 0 aromatic rings. The maximum Gasteiger partial charge on any atom is 0.349 e. The molecule has 0 aliphatic carbocycles. The first-order chi connectivity index (χ1) is 5.40. The zero-order chi connectivity index (χ0) is 9.78. The number of rotatable bonds is 3. The molecule has 0 heterocycles. The lowest BCUT2D eigenvalue weighted by atomic mass is 10.1. The van der Waals surface area contributed by atoms with Gasteiger partial charge >= 0.3 is 11.9 Å². The van der Waals surface area contributed by atoms with Crippen molar-refractivity contribution in [3.63, 3.8) is 0 Å². The largest absolute Gasteiger partial charge is 0.463 e. The van der Waals surface area contributed by atoms with Gasteiger partial charge in [0, 0.05) is 6.92 Å². The van der Waals surface area contributed by atoms with Gasteiger partial charge in [-0.1, -0.05) is 0 Å². The zero-order valence-electron chi connectivity index (χ0n) is 7.84. The second kappa shape index (κ2) is 4.09. The summed E-state index contributed by atoms with van der Waals surface area (Å²) in [5.41, 5.74) is -1.18. The molecule has 0 atom stereocenters. The van der Waals surface area contributed by atoms with Crippen LogP contribution in [0.4, 0.5) is 0 Å². The number of carbonyl (C=O) groups excluding carboxylic acids is 2. The predicted molar refractivity (Wildman–Crippen MR) is 42.5 cm³/mol. The van der Waals surface area contributed by atoms with E-state index in [-0.39, 0.29) is 6.61 Å². The summed E-state index contributed by atoms with van der Waals surface area (Å²) in [4.78, 5) is 21.6. The summed E-state index contributed by atoms with van der Waals surface area (Å²) in [6, 6.07) is 0. The Labute approximate surface area is 71.8 Å². The van der Waals surface area contributed by atoms with Gasteiger partial charge < -0.3 is 9.47 Å². The van der Waals surface area contributed by atoms with Crippen molar-refractivity contribution in [2.45, 2.75) is 33.3 Å². The summed E-state index contributed by atoms with van der Waals surface area (Å²) in [5.74, 6) is -1.02. The lowest BCUT2D eigenvalue weighted by molar-refractivity contribution is -0.176. The quantitative estimate of drug-likeness (QED) is 0.596. The molecule has 0 N–H and O–H groups in total. The van der Waals surface area contributed by atoms with Crippen LogP contribution in [0.5, 0.6) is 0 Å². The summed E-state index contributed by atoms with van der Waals surface area (Å²) in [6.07, 6.45) is 0. The minimum atomic E-state index is -1.18. The Morgan fingerprint density at radius 1 is 1.33 bits per heavy atom. The van der Waals surface area contributed by atoms with Gasteiger partial charge in [0.25, 0.3) is 0 Å². The fourth-order valence-electron chi connectivity index (χ4n) is 0.706. The molecule has 0 bridgehead atoms. The molecule has 0 saturated heterocycles. The van der Waals surface area contributed by atoms with Crippen LogP contribution in [0.2, 0.25) is 0 Å². The number of carbonyl (C=O) groups is 2. The minimum absolute atomic E-state index is 0.281. The Morgan fingerprint density at radius 2 is 1.83 bits per heavy atom. The van der Waals surface area contributed by atoms with Crippen LogP contribution in [0.1, 0.15) is 27.7 Å². The van der Waals surface area contributed by atoms with E-state index in [0.29, 0.717) is 0 Å². The normalized spacial score (nSPS) is 10.7. The first-order valence-corrected chi connectivity index (χ1v) is 3.77. The molecule has 0 amide bonds. The molecule has 0 saturated carbocycles. The Bertz CT molecular complexity index is 183. The number of ether oxygens (including phenoxy) is 2. The van der Waals surface area contributed by atoms with Crippen LogP contribution in [0.3, 0.4) is 0 Å². The summed E-state index contributed by atoms with van der Waals surface area (Å²) in [5, 5.41) is 0. The SMILES string of the molecule is CCOC(=O)C(C)(C)OC(C)=O. The standard InChI is InChI=1S/C8H14O4/c1-5-11-7(10)8(3,4)12-6(2)9/h5H2,1-4H3. The van der Waals surface area contributed by atoms with Gasteiger partial charge in [-0.25, -0.2) is 4.79 Å². The van der Waals surface area contributed by atoms with Gasteiger partial charge in [-0.2, -0.15) is 0 Å². The van der Waals surface area contributed by atoms with Crippen molar-refractivity contribution in [1.29, 1.82) is 0 Å². The Balaban J connectivity index is 4.18. The lowest BCUT2D eigenvalue weighted by Crippen LogP contribution is -2.38. The van der Waals surface area contributed by atoms with Gasteiger partial charge in [-0.05, 0) is 20.8 Å². The highest BCUT2D eigenvalue weighted by Crippen LogP contribution is 2.11. The predicted octanol–water partition coefficient (Wildman–Crippen LogP) is 0.891. The summed E-state index contributed by atoms with van der Waals surface area (Å²) in [7, 11) is 0. The van der Waals surface area contributed by atoms with E-state index in [1.807, 2.05) is 0 Å². The van der Waals surface area contributed by atoms with E-state index in [2.05, 4.69) is 0 Å². The first-order valence-electron chi connectivity index (χ1n) is 3.77. The van der Waals surface area contributed by atoms with Crippen molar-refractivity contribution in [3.8, 4) is 0 Å². The molecule has 0 aromatic heterocycles. The molecule has 0 aliphatic rings. The van der Waals surface area contributed by atoms with E-state index in [1.165, 1.54) is 20.8 Å². The average molecular weight is 174 g/mol. The third kappa shape index (κ3) is 3.37. The van der Waals surface area contributed by atoms with Crippen LogP contribution in [-0.2, 0) is 19.1 Å². The Kier molecular flexibility index (Phi) is 3.73. The van der Waals surface area contributed by atoms with Gasteiger partial charge in [-0.3, -0.25) is 4.79 Å². The molecule has 0 aliphatic heterocycles. The van der Waals surface area contributed by atoms with Crippen LogP contribution in [0, 0.1) is 0 Å². The Morgan fingerprint density at radius 3 is 2.17 bits per heavy atom. The van der Waals surface area contributed by atoms with Crippen molar-refractivity contribution in [2.75, 3.05) is 6.61 Å². The van der Waals surface area contributed by atoms with Crippen molar-refractivity contribution < 1.29 is 19.1 Å². The lowest BCUT2D eigenvalue weighted by Gasteiger charge is -2.21. The molecule has 4 heteroatoms. The molecule has 0 fully saturated rings. The second-order valence-corrected chi connectivity index (χ2v) is 2.82. The molecule has 0 unspecified atom stereocenters. The van der Waals surface area contributed by atoms with Gasteiger partial charge in [-0.15, -0.1) is 0 Å². The highest BCUT2D eigenvalue weighted by atomic mass is 16.6. The van der Waals surface area contributed by atoms with Gasteiger partial charge in [0.1, 0.15) is 0 Å². The molecule has 0 spiro atoms. The van der Waals surface area contributed by atoms with Crippen LogP contribution in [-0.4, -0.2) is 24.1 Å². The molecule has 0 rings (SSSR count). The summed E-state index contributed by atoms with van der Waals surface area (Å²) in [6.45, 7) is 6.21. The van der Waals surface area contributed by atoms with Crippen LogP contribution in [0.15, 0.2) is 0 Å². The third-order valence-electron chi connectivity index (χ3n) is 1.17. The van der Waals surface area contributed by atoms with Crippen molar-refractivity contribution >= 4 is 11.9 Å². The second-order valence-electron chi connectivity index (χ2n) is 2.82. The third-order valence-corrected chi connectivity index (χ3v) is 1.17. The maximum atomic E-state index is 11.1. The molecular formula is C8H14O4. The van der Waals surface area contributed by atoms with E-state index in [0.717, 1.165) is 0 Å². The van der Waals surface area contributed by atoms with Crippen LogP contribution >= 0.6 is 0 Å². The number of esters is 2. The maximum absolute atomic E-state index is 11.1. The van der Waals surface area contributed by atoms with E-state index in [9.17, 15) is 9.59 Å². The minimum Gasteiger partial charge on any atom is -0.463 e. The van der Waals surface area contributed by atoms with Gasteiger partial charge in [0.05, 0.1) is 6.61 Å². The van der Waals surface area contributed by atoms with Gasteiger partial charge in [0.2, 0.25) is 5.60 Å². The number of hydrogen-bond donors (Lipinski definition) is 0. The highest BCUT2D eigenvalue weighted by molar-refractivity contribution is 5.81. The van der Waals surface area contributed by atoms with Crippen molar-refractivity contribution in [3.05, 3.63) is 0 Å². The molecular weight excluding hydrogens is 160 g/mol. The average Bonchev–Trinajstić information content (AvgIpc) is 1.85. The molecule has 12 heavy (non-hydrogen) atoms. The van der Waals surface area contributed by atoms with Crippen LogP contribution in [0.25, 0.3) is 0 Å². The van der Waals surface area contributed by atoms with E-state index < -0.39 is 17.5 Å². The fourth-order valence-corrected chi connectivity index (χ4v) is 0.706. The van der Waals surface area contributed by atoms with E-state index in [1.54, 1.807) is 6.92 Å². The van der Waals surface area contributed by atoms with Crippen molar-refractivity contribution in [1.82, 2.24) is 0 Å². The first kappa shape index (κ1) is 10.9. The zero-order valence-corrected chi connectivity index (χ0v) is 7.84.